The number of aliphatic hydroxyl groups is 1. The molecule has 1 heterocycles. The van der Waals surface area contributed by atoms with Crippen LogP contribution in [-0.2, 0) is 4.79 Å². The topological polar surface area (TPSA) is 62.2 Å². The van der Waals surface area contributed by atoms with E-state index in [0.717, 1.165) is 6.42 Å². The maximum atomic E-state index is 11.7. The van der Waals surface area contributed by atoms with Crippen LogP contribution in [0.1, 0.15) is 32.4 Å². The molecule has 1 unspecified atom stereocenters. The number of aromatic nitrogens is 1. The number of amides is 1. The SMILES string of the molecule is CCC(C)C(=O)Nc1cccc(C#CCCO)n1. The Morgan fingerprint density at radius 2 is 2.33 bits per heavy atom. The van der Waals surface area contributed by atoms with E-state index in [-0.39, 0.29) is 18.4 Å². The summed E-state index contributed by atoms with van der Waals surface area (Å²) in [6.07, 6.45) is 1.22. The molecule has 0 aromatic carbocycles. The zero-order chi connectivity index (χ0) is 13.4. The second-order valence-corrected chi connectivity index (χ2v) is 3.98. The third-order valence-electron chi connectivity index (χ3n) is 2.51. The molecule has 0 aliphatic carbocycles. The summed E-state index contributed by atoms with van der Waals surface area (Å²) < 4.78 is 0. The monoisotopic (exact) mass is 246 g/mol. The first-order valence-electron chi connectivity index (χ1n) is 6.05. The maximum absolute atomic E-state index is 11.7. The molecule has 1 rings (SSSR count). The van der Waals surface area contributed by atoms with Crippen LogP contribution in [0.15, 0.2) is 18.2 Å². The molecule has 1 aromatic heterocycles. The molecule has 18 heavy (non-hydrogen) atoms. The van der Waals surface area contributed by atoms with Crippen molar-refractivity contribution < 1.29 is 9.90 Å². The summed E-state index contributed by atoms with van der Waals surface area (Å²) in [5, 5.41) is 11.4. The van der Waals surface area contributed by atoms with Gasteiger partial charge in [-0.25, -0.2) is 4.98 Å². The highest BCUT2D eigenvalue weighted by Crippen LogP contribution is 2.08. The number of aliphatic hydroxyl groups excluding tert-OH is 1. The quantitative estimate of drug-likeness (QED) is 0.796. The summed E-state index contributed by atoms with van der Waals surface area (Å²) in [4.78, 5) is 15.9. The fourth-order valence-corrected chi connectivity index (χ4v) is 1.22. The lowest BCUT2D eigenvalue weighted by molar-refractivity contribution is -0.119. The fourth-order valence-electron chi connectivity index (χ4n) is 1.22. The molecule has 0 bridgehead atoms. The number of rotatable bonds is 4. The van der Waals surface area contributed by atoms with E-state index in [1.807, 2.05) is 13.8 Å². The molecule has 4 nitrogen and oxygen atoms in total. The summed E-state index contributed by atoms with van der Waals surface area (Å²) in [6, 6.07) is 5.29. The van der Waals surface area contributed by atoms with Crippen molar-refractivity contribution in [2.75, 3.05) is 11.9 Å². The lowest BCUT2D eigenvalue weighted by Crippen LogP contribution is -2.20. The van der Waals surface area contributed by atoms with Crippen molar-refractivity contribution in [1.82, 2.24) is 4.98 Å². The van der Waals surface area contributed by atoms with Gasteiger partial charge < -0.3 is 10.4 Å². The van der Waals surface area contributed by atoms with Gasteiger partial charge in [0.2, 0.25) is 5.91 Å². The van der Waals surface area contributed by atoms with Gasteiger partial charge in [0.25, 0.3) is 0 Å². The fraction of sp³-hybridized carbons (Fsp3) is 0.429. The van der Waals surface area contributed by atoms with Crippen molar-refractivity contribution >= 4 is 11.7 Å². The van der Waals surface area contributed by atoms with E-state index >= 15 is 0 Å². The summed E-state index contributed by atoms with van der Waals surface area (Å²) in [5.41, 5.74) is 0.588. The van der Waals surface area contributed by atoms with Gasteiger partial charge in [-0.3, -0.25) is 4.79 Å². The van der Waals surface area contributed by atoms with E-state index in [1.165, 1.54) is 0 Å². The number of hydrogen-bond donors (Lipinski definition) is 2. The van der Waals surface area contributed by atoms with Crippen molar-refractivity contribution in [3.8, 4) is 11.8 Å². The Bertz CT molecular complexity index is 460. The molecular weight excluding hydrogens is 228 g/mol. The van der Waals surface area contributed by atoms with Crippen molar-refractivity contribution in [1.29, 1.82) is 0 Å². The number of carbonyl (C=O) groups excluding carboxylic acids is 1. The molecule has 0 saturated carbocycles. The zero-order valence-corrected chi connectivity index (χ0v) is 10.7. The first kappa shape index (κ1) is 14.2. The van der Waals surface area contributed by atoms with Gasteiger partial charge in [0.05, 0.1) is 6.61 Å². The van der Waals surface area contributed by atoms with E-state index in [9.17, 15) is 4.79 Å². The van der Waals surface area contributed by atoms with E-state index in [1.54, 1.807) is 18.2 Å². The van der Waals surface area contributed by atoms with Gasteiger partial charge in [-0.05, 0) is 24.5 Å². The minimum Gasteiger partial charge on any atom is -0.395 e. The zero-order valence-electron chi connectivity index (χ0n) is 10.7. The van der Waals surface area contributed by atoms with Gasteiger partial charge in [0, 0.05) is 12.3 Å². The van der Waals surface area contributed by atoms with Crippen LogP contribution in [0.25, 0.3) is 0 Å². The average Bonchev–Trinajstić information content (AvgIpc) is 2.38. The number of anilines is 1. The van der Waals surface area contributed by atoms with E-state index in [2.05, 4.69) is 22.1 Å². The van der Waals surface area contributed by atoms with Gasteiger partial charge in [-0.15, -0.1) is 0 Å². The standard InChI is InChI=1S/C14H18N2O2/c1-3-11(2)14(18)16-13-9-6-8-12(15-13)7-4-5-10-17/h6,8-9,11,17H,3,5,10H2,1-2H3,(H,15,16,18). The molecule has 0 aliphatic heterocycles. The smallest absolute Gasteiger partial charge is 0.228 e. The van der Waals surface area contributed by atoms with Crippen molar-refractivity contribution in [2.24, 2.45) is 5.92 Å². The van der Waals surface area contributed by atoms with Crippen molar-refractivity contribution in [2.45, 2.75) is 26.7 Å². The van der Waals surface area contributed by atoms with E-state index in [4.69, 9.17) is 5.11 Å². The molecule has 1 aromatic rings. The Morgan fingerprint density at radius 3 is 3.00 bits per heavy atom. The number of carbonyl (C=O) groups is 1. The third kappa shape index (κ3) is 4.56. The van der Waals surface area contributed by atoms with Gasteiger partial charge >= 0.3 is 0 Å². The Balaban J connectivity index is 2.71. The summed E-state index contributed by atoms with van der Waals surface area (Å²) >= 11 is 0. The van der Waals surface area contributed by atoms with Crippen molar-refractivity contribution in [3.05, 3.63) is 23.9 Å². The molecule has 0 spiro atoms. The van der Waals surface area contributed by atoms with Gasteiger partial charge in [0.15, 0.2) is 0 Å². The number of nitrogens with zero attached hydrogens (tertiary/aromatic N) is 1. The molecule has 0 fully saturated rings. The molecular formula is C14H18N2O2. The van der Waals surface area contributed by atoms with Crippen LogP contribution in [0.4, 0.5) is 5.82 Å². The maximum Gasteiger partial charge on any atom is 0.228 e. The van der Waals surface area contributed by atoms with E-state index < -0.39 is 0 Å². The molecule has 2 N–H and O–H groups in total. The molecule has 1 amide bonds. The second-order valence-electron chi connectivity index (χ2n) is 3.98. The number of pyridine rings is 1. The minimum atomic E-state index is -0.0366. The molecule has 96 valence electrons. The van der Waals surface area contributed by atoms with Crippen LogP contribution >= 0.6 is 0 Å². The average molecular weight is 246 g/mol. The first-order chi connectivity index (χ1) is 8.67. The highest BCUT2D eigenvalue weighted by molar-refractivity contribution is 5.91. The normalized spacial score (nSPS) is 11.3. The lowest BCUT2D eigenvalue weighted by Gasteiger charge is -2.09. The molecule has 1 atom stereocenters. The third-order valence-corrected chi connectivity index (χ3v) is 2.51. The highest BCUT2D eigenvalue weighted by atomic mass is 16.2. The highest BCUT2D eigenvalue weighted by Gasteiger charge is 2.10. The van der Waals surface area contributed by atoms with Crippen LogP contribution in [-0.4, -0.2) is 22.6 Å². The predicted molar refractivity (Wildman–Crippen MR) is 70.9 cm³/mol. The molecule has 0 saturated heterocycles. The number of hydrogen-bond acceptors (Lipinski definition) is 3. The van der Waals surface area contributed by atoms with Gasteiger partial charge in [-0.1, -0.05) is 25.8 Å². The largest absolute Gasteiger partial charge is 0.395 e. The summed E-state index contributed by atoms with van der Waals surface area (Å²) in [6.45, 7) is 3.88. The van der Waals surface area contributed by atoms with Crippen LogP contribution in [0.3, 0.4) is 0 Å². The Hall–Kier alpha value is -1.86. The first-order valence-corrected chi connectivity index (χ1v) is 6.05. The Morgan fingerprint density at radius 1 is 1.56 bits per heavy atom. The van der Waals surface area contributed by atoms with Crippen LogP contribution in [0.5, 0.6) is 0 Å². The summed E-state index contributed by atoms with van der Waals surface area (Å²) in [5.74, 6) is 6.06. The lowest BCUT2D eigenvalue weighted by atomic mass is 10.1. The Labute approximate surface area is 107 Å². The molecule has 0 aliphatic rings. The van der Waals surface area contributed by atoms with Gasteiger partial charge in [-0.2, -0.15) is 0 Å². The number of nitrogens with one attached hydrogen (secondary N) is 1. The molecule has 4 heteroatoms. The van der Waals surface area contributed by atoms with E-state index in [0.29, 0.717) is 17.9 Å². The second kappa shape index (κ2) is 7.46. The summed E-state index contributed by atoms with van der Waals surface area (Å²) in [7, 11) is 0. The van der Waals surface area contributed by atoms with Crippen molar-refractivity contribution in [3.63, 3.8) is 0 Å². The van der Waals surface area contributed by atoms with Crippen LogP contribution in [0.2, 0.25) is 0 Å². The minimum absolute atomic E-state index is 0.0315. The van der Waals surface area contributed by atoms with Gasteiger partial charge in [0.1, 0.15) is 11.5 Å². The van der Waals surface area contributed by atoms with Crippen LogP contribution < -0.4 is 5.32 Å². The van der Waals surface area contributed by atoms with Crippen LogP contribution in [0, 0.1) is 17.8 Å². The Kier molecular flexibility index (Phi) is 5.89. The predicted octanol–water partition coefficient (Wildman–Crippen LogP) is 1.80. The molecule has 0 radical (unpaired) electrons.